The van der Waals surface area contributed by atoms with Gasteiger partial charge in [-0.05, 0) is 12.1 Å². The van der Waals surface area contributed by atoms with Gasteiger partial charge in [0.1, 0.15) is 11.6 Å². The van der Waals surface area contributed by atoms with Crippen molar-refractivity contribution < 1.29 is 0 Å². The molecule has 0 fully saturated rings. The van der Waals surface area contributed by atoms with Crippen LogP contribution >= 0.6 is 0 Å². The Labute approximate surface area is 78.6 Å². The van der Waals surface area contributed by atoms with Crippen molar-refractivity contribution >= 4 is 16.7 Å². The molecular weight excluding hydrogens is 178 g/mol. The van der Waals surface area contributed by atoms with Crippen molar-refractivity contribution in [1.82, 2.24) is 19.4 Å². The van der Waals surface area contributed by atoms with Crippen molar-refractivity contribution in [1.29, 1.82) is 5.26 Å². The molecule has 0 aliphatic heterocycles. The smallest absolute Gasteiger partial charge is 0.219 e. The van der Waals surface area contributed by atoms with E-state index in [9.17, 15) is 0 Å². The molecule has 0 aliphatic rings. The highest BCUT2D eigenvalue weighted by molar-refractivity contribution is 5.88. The lowest BCUT2D eigenvalue weighted by molar-refractivity contribution is 1.07. The standard InChI is InChI=1S/C9H5N5/c10-4-7-13-9-8(11-5-12-9)6-2-1-3-14(6)7/h1-3,5H,(H,11,12). The fourth-order valence-corrected chi connectivity index (χ4v) is 1.56. The normalized spacial score (nSPS) is 10.8. The number of nitrogens with zero attached hydrogens (tertiary/aromatic N) is 4. The number of aromatic nitrogens is 4. The third-order valence-electron chi connectivity index (χ3n) is 2.16. The first kappa shape index (κ1) is 7.09. The number of hydrogen-bond donors (Lipinski definition) is 1. The van der Waals surface area contributed by atoms with E-state index in [1.54, 1.807) is 16.9 Å². The van der Waals surface area contributed by atoms with Gasteiger partial charge in [0, 0.05) is 6.20 Å². The van der Waals surface area contributed by atoms with Crippen molar-refractivity contribution in [2.75, 3.05) is 0 Å². The molecule has 0 radical (unpaired) electrons. The van der Waals surface area contributed by atoms with Gasteiger partial charge in [0.15, 0.2) is 5.65 Å². The van der Waals surface area contributed by atoms with Gasteiger partial charge in [-0.3, -0.25) is 4.40 Å². The van der Waals surface area contributed by atoms with Gasteiger partial charge in [0.05, 0.1) is 11.8 Å². The molecule has 3 aromatic rings. The van der Waals surface area contributed by atoms with E-state index in [1.807, 2.05) is 18.2 Å². The highest BCUT2D eigenvalue weighted by Gasteiger charge is 2.07. The zero-order valence-electron chi connectivity index (χ0n) is 7.10. The van der Waals surface area contributed by atoms with Crippen LogP contribution in [0.25, 0.3) is 16.7 Å². The minimum atomic E-state index is 0.351. The van der Waals surface area contributed by atoms with Crippen molar-refractivity contribution in [2.45, 2.75) is 0 Å². The van der Waals surface area contributed by atoms with Gasteiger partial charge >= 0.3 is 0 Å². The van der Waals surface area contributed by atoms with Crippen LogP contribution in [0, 0.1) is 11.3 Å². The topological polar surface area (TPSA) is 69.8 Å². The van der Waals surface area contributed by atoms with Gasteiger partial charge < -0.3 is 4.98 Å². The summed E-state index contributed by atoms with van der Waals surface area (Å²) in [6.07, 6.45) is 3.38. The van der Waals surface area contributed by atoms with Crippen molar-refractivity contribution in [3.05, 3.63) is 30.5 Å². The minimum absolute atomic E-state index is 0.351. The lowest BCUT2D eigenvalue weighted by atomic mass is 10.4. The van der Waals surface area contributed by atoms with Crippen LogP contribution in [0.4, 0.5) is 0 Å². The number of rotatable bonds is 0. The van der Waals surface area contributed by atoms with E-state index in [0.717, 1.165) is 11.0 Å². The monoisotopic (exact) mass is 183 g/mol. The third-order valence-corrected chi connectivity index (χ3v) is 2.16. The average molecular weight is 183 g/mol. The number of fused-ring (bicyclic) bond motifs is 3. The van der Waals surface area contributed by atoms with Crippen LogP contribution in [-0.4, -0.2) is 19.4 Å². The van der Waals surface area contributed by atoms with Crippen molar-refractivity contribution in [3.63, 3.8) is 0 Å². The molecule has 66 valence electrons. The average Bonchev–Trinajstić information content (AvgIpc) is 2.83. The summed E-state index contributed by atoms with van der Waals surface area (Å²) in [6, 6.07) is 5.83. The lowest BCUT2D eigenvalue weighted by Crippen LogP contribution is -1.95. The first-order valence-electron chi connectivity index (χ1n) is 4.10. The Balaban J connectivity index is 2.67. The second-order valence-corrected chi connectivity index (χ2v) is 2.91. The maximum absolute atomic E-state index is 8.88. The largest absolute Gasteiger partial charge is 0.341 e. The third kappa shape index (κ3) is 0.721. The molecular formula is C9H5N5. The van der Waals surface area contributed by atoms with Crippen LogP contribution in [0.5, 0.6) is 0 Å². The summed E-state index contributed by atoms with van der Waals surface area (Å²) in [5.41, 5.74) is 2.35. The van der Waals surface area contributed by atoms with Gasteiger partial charge in [-0.15, -0.1) is 0 Å². The SMILES string of the molecule is N#Cc1nc2nc[nH]c2c2cccn12. The number of nitriles is 1. The van der Waals surface area contributed by atoms with E-state index in [1.165, 1.54) is 0 Å². The van der Waals surface area contributed by atoms with Gasteiger partial charge in [0.2, 0.25) is 5.82 Å². The molecule has 0 amide bonds. The summed E-state index contributed by atoms with van der Waals surface area (Å²) in [5.74, 6) is 0.351. The van der Waals surface area contributed by atoms with Crippen LogP contribution in [0.15, 0.2) is 24.7 Å². The maximum atomic E-state index is 8.88. The Morgan fingerprint density at radius 1 is 1.50 bits per heavy atom. The zero-order valence-corrected chi connectivity index (χ0v) is 7.10. The second-order valence-electron chi connectivity index (χ2n) is 2.91. The Kier molecular flexibility index (Phi) is 1.18. The van der Waals surface area contributed by atoms with Gasteiger partial charge in [-0.2, -0.15) is 10.2 Å². The van der Waals surface area contributed by atoms with E-state index < -0.39 is 0 Å². The Hall–Kier alpha value is -2.35. The van der Waals surface area contributed by atoms with E-state index in [-0.39, 0.29) is 0 Å². The second kappa shape index (κ2) is 2.33. The predicted molar refractivity (Wildman–Crippen MR) is 49.6 cm³/mol. The highest BCUT2D eigenvalue weighted by Crippen LogP contribution is 2.16. The molecule has 0 saturated carbocycles. The Morgan fingerprint density at radius 2 is 2.43 bits per heavy atom. The van der Waals surface area contributed by atoms with Crippen LogP contribution in [0.2, 0.25) is 0 Å². The molecule has 0 spiro atoms. The van der Waals surface area contributed by atoms with Crippen LogP contribution < -0.4 is 0 Å². The summed E-state index contributed by atoms with van der Waals surface area (Å²) < 4.78 is 1.74. The number of imidazole rings is 1. The molecule has 0 aromatic carbocycles. The molecule has 5 nitrogen and oxygen atoms in total. The quantitative estimate of drug-likeness (QED) is 0.567. The summed E-state index contributed by atoms with van der Waals surface area (Å²) in [4.78, 5) is 11.1. The van der Waals surface area contributed by atoms with E-state index >= 15 is 0 Å². The number of nitrogens with one attached hydrogen (secondary N) is 1. The number of H-pyrrole nitrogens is 1. The number of hydrogen-bond acceptors (Lipinski definition) is 3. The summed E-state index contributed by atoms with van der Waals surface area (Å²) >= 11 is 0. The molecule has 0 aliphatic carbocycles. The molecule has 14 heavy (non-hydrogen) atoms. The van der Waals surface area contributed by atoms with Crippen LogP contribution in [0.3, 0.4) is 0 Å². The molecule has 0 atom stereocenters. The van der Waals surface area contributed by atoms with Gasteiger partial charge in [-0.1, -0.05) is 0 Å². The Bertz CT molecular complexity index is 654. The molecule has 5 heteroatoms. The fraction of sp³-hybridized carbons (Fsp3) is 0. The molecule has 1 N–H and O–H groups in total. The summed E-state index contributed by atoms with van der Waals surface area (Å²) in [7, 11) is 0. The molecule has 0 unspecified atom stereocenters. The zero-order chi connectivity index (χ0) is 9.54. The summed E-state index contributed by atoms with van der Waals surface area (Å²) in [5, 5.41) is 8.88. The molecule has 3 rings (SSSR count). The highest BCUT2D eigenvalue weighted by atomic mass is 15.1. The predicted octanol–water partition coefficient (Wildman–Crippen LogP) is 1.08. The van der Waals surface area contributed by atoms with E-state index in [2.05, 4.69) is 15.0 Å². The van der Waals surface area contributed by atoms with E-state index in [0.29, 0.717) is 11.5 Å². The van der Waals surface area contributed by atoms with Crippen molar-refractivity contribution in [2.24, 2.45) is 0 Å². The molecule has 0 bridgehead atoms. The van der Waals surface area contributed by atoms with Crippen molar-refractivity contribution in [3.8, 4) is 6.07 Å². The fourth-order valence-electron chi connectivity index (χ4n) is 1.56. The first-order valence-corrected chi connectivity index (χ1v) is 4.10. The first-order chi connectivity index (χ1) is 6.90. The summed E-state index contributed by atoms with van der Waals surface area (Å²) in [6.45, 7) is 0. The maximum Gasteiger partial charge on any atom is 0.219 e. The lowest BCUT2D eigenvalue weighted by Gasteiger charge is -1.97. The minimum Gasteiger partial charge on any atom is -0.341 e. The molecule has 0 saturated heterocycles. The number of aromatic amines is 1. The molecule has 3 heterocycles. The van der Waals surface area contributed by atoms with Gasteiger partial charge in [0.25, 0.3) is 0 Å². The Morgan fingerprint density at radius 3 is 3.29 bits per heavy atom. The molecule has 3 aromatic heterocycles. The van der Waals surface area contributed by atoms with E-state index in [4.69, 9.17) is 5.26 Å². The van der Waals surface area contributed by atoms with Gasteiger partial charge in [-0.25, -0.2) is 4.98 Å². The van der Waals surface area contributed by atoms with Crippen LogP contribution in [0.1, 0.15) is 5.82 Å². The van der Waals surface area contributed by atoms with Crippen LogP contribution in [-0.2, 0) is 0 Å².